The van der Waals surface area contributed by atoms with E-state index in [1.807, 2.05) is 0 Å². The summed E-state index contributed by atoms with van der Waals surface area (Å²) in [5.74, 6) is 1.59. The second-order valence-electron chi connectivity index (χ2n) is 4.93. The number of rotatable bonds is 10. The Kier molecular flexibility index (Phi) is 12.1. The number of hydrogen-bond donors (Lipinski definition) is 2. The Morgan fingerprint density at radius 2 is 1.83 bits per heavy atom. The number of hydrogen-bond acceptors (Lipinski definition) is 2. The first-order valence-electron chi connectivity index (χ1n) is 7.23. The Morgan fingerprint density at radius 1 is 1.11 bits per heavy atom. The number of nitrogens with zero attached hydrogens (tertiary/aromatic N) is 1. The van der Waals surface area contributed by atoms with Crippen LogP contribution in [-0.4, -0.2) is 39.3 Å². The summed E-state index contributed by atoms with van der Waals surface area (Å²) in [6.45, 7) is 10.0. The van der Waals surface area contributed by atoms with Crippen molar-refractivity contribution >= 4 is 5.96 Å². The lowest BCUT2D eigenvalue weighted by Gasteiger charge is -2.12. The van der Waals surface area contributed by atoms with Crippen molar-refractivity contribution in [1.82, 2.24) is 10.6 Å². The van der Waals surface area contributed by atoms with Crippen LogP contribution in [0, 0.1) is 5.92 Å². The summed E-state index contributed by atoms with van der Waals surface area (Å²) in [4.78, 5) is 4.17. The van der Waals surface area contributed by atoms with Gasteiger partial charge in [-0.05, 0) is 18.8 Å². The molecule has 0 aliphatic carbocycles. The first-order chi connectivity index (χ1) is 8.70. The average Bonchev–Trinajstić information content (AvgIpc) is 2.35. The summed E-state index contributed by atoms with van der Waals surface area (Å²) < 4.78 is 5.54. The molecule has 0 spiro atoms. The second kappa shape index (κ2) is 12.7. The van der Waals surface area contributed by atoms with Crippen molar-refractivity contribution in [3.05, 3.63) is 0 Å². The maximum Gasteiger partial charge on any atom is 0.191 e. The quantitative estimate of drug-likeness (QED) is 0.359. The molecule has 108 valence electrons. The molecule has 0 aromatic carbocycles. The summed E-state index contributed by atoms with van der Waals surface area (Å²) >= 11 is 0. The number of nitrogens with one attached hydrogen (secondary N) is 2. The highest BCUT2D eigenvalue weighted by Crippen LogP contribution is 1.98. The van der Waals surface area contributed by atoms with Crippen LogP contribution in [0.3, 0.4) is 0 Å². The van der Waals surface area contributed by atoms with Gasteiger partial charge in [-0.2, -0.15) is 0 Å². The topological polar surface area (TPSA) is 45.7 Å². The summed E-state index contributed by atoms with van der Waals surface area (Å²) in [6.07, 6.45) is 4.84. The lowest BCUT2D eigenvalue weighted by molar-refractivity contribution is 0.128. The molecule has 0 aliphatic rings. The van der Waals surface area contributed by atoms with Crippen LogP contribution >= 0.6 is 0 Å². The van der Waals surface area contributed by atoms with Crippen LogP contribution < -0.4 is 10.6 Å². The molecule has 0 saturated carbocycles. The van der Waals surface area contributed by atoms with E-state index in [1.165, 1.54) is 19.3 Å². The van der Waals surface area contributed by atoms with Crippen molar-refractivity contribution in [3.8, 4) is 0 Å². The molecule has 0 aliphatic heterocycles. The fourth-order valence-corrected chi connectivity index (χ4v) is 1.47. The van der Waals surface area contributed by atoms with Crippen LogP contribution in [0.25, 0.3) is 0 Å². The van der Waals surface area contributed by atoms with E-state index in [-0.39, 0.29) is 0 Å². The zero-order chi connectivity index (χ0) is 13.6. The van der Waals surface area contributed by atoms with Gasteiger partial charge in [-0.25, -0.2) is 0 Å². The molecular weight excluding hydrogens is 226 g/mol. The molecule has 0 rings (SSSR count). The van der Waals surface area contributed by atoms with E-state index in [0.717, 1.165) is 38.7 Å². The van der Waals surface area contributed by atoms with E-state index in [1.54, 1.807) is 7.05 Å². The van der Waals surface area contributed by atoms with Crippen LogP contribution in [0.1, 0.15) is 46.5 Å². The highest BCUT2D eigenvalue weighted by Gasteiger charge is 1.97. The number of aliphatic imine (C=N–C) groups is 1. The van der Waals surface area contributed by atoms with Gasteiger partial charge in [-0.3, -0.25) is 4.99 Å². The Bertz CT molecular complexity index is 205. The molecule has 4 nitrogen and oxygen atoms in total. The van der Waals surface area contributed by atoms with Gasteiger partial charge in [0.15, 0.2) is 5.96 Å². The predicted octanol–water partition coefficient (Wildman–Crippen LogP) is 2.40. The van der Waals surface area contributed by atoms with Crippen LogP contribution in [-0.2, 0) is 4.74 Å². The predicted molar refractivity (Wildman–Crippen MR) is 79.2 cm³/mol. The summed E-state index contributed by atoms with van der Waals surface area (Å²) in [5, 5.41) is 6.55. The van der Waals surface area contributed by atoms with Crippen molar-refractivity contribution in [3.63, 3.8) is 0 Å². The van der Waals surface area contributed by atoms with E-state index in [0.29, 0.717) is 5.92 Å². The molecule has 2 N–H and O–H groups in total. The standard InChI is InChI=1S/C14H31N3O/c1-5-6-7-9-16-14(15-4)17-10-12-18-11-8-13(2)3/h13H,5-12H2,1-4H3,(H2,15,16,17). The van der Waals surface area contributed by atoms with Crippen LogP contribution in [0.4, 0.5) is 0 Å². The maximum atomic E-state index is 5.54. The van der Waals surface area contributed by atoms with E-state index in [2.05, 4.69) is 36.4 Å². The van der Waals surface area contributed by atoms with Crippen molar-refractivity contribution in [2.75, 3.05) is 33.4 Å². The van der Waals surface area contributed by atoms with Gasteiger partial charge in [-0.15, -0.1) is 0 Å². The minimum atomic E-state index is 0.714. The van der Waals surface area contributed by atoms with Gasteiger partial charge in [0.2, 0.25) is 0 Å². The third kappa shape index (κ3) is 11.7. The van der Waals surface area contributed by atoms with Gasteiger partial charge in [-0.1, -0.05) is 33.6 Å². The third-order valence-corrected chi connectivity index (χ3v) is 2.67. The average molecular weight is 257 g/mol. The molecule has 4 heteroatoms. The monoisotopic (exact) mass is 257 g/mol. The summed E-state index contributed by atoms with van der Waals surface area (Å²) in [6, 6.07) is 0. The molecule has 0 aromatic rings. The number of unbranched alkanes of at least 4 members (excludes halogenated alkanes) is 2. The lowest BCUT2D eigenvalue weighted by Crippen LogP contribution is -2.39. The van der Waals surface area contributed by atoms with E-state index in [4.69, 9.17) is 4.74 Å². The first-order valence-corrected chi connectivity index (χ1v) is 7.23. The minimum Gasteiger partial charge on any atom is -0.380 e. The van der Waals surface area contributed by atoms with Crippen LogP contribution in [0.5, 0.6) is 0 Å². The Morgan fingerprint density at radius 3 is 2.44 bits per heavy atom. The van der Waals surface area contributed by atoms with Crippen molar-refractivity contribution in [1.29, 1.82) is 0 Å². The van der Waals surface area contributed by atoms with Gasteiger partial charge >= 0.3 is 0 Å². The highest BCUT2D eigenvalue weighted by molar-refractivity contribution is 5.79. The van der Waals surface area contributed by atoms with Crippen LogP contribution in [0.15, 0.2) is 4.99 Å². The molecule has 0 bridgehead atoms. The van der Waals surface area contributed by atoms with Crippen molar-refractivity contribution in [2.45, 2.75) is 46.5 Å². The largest absolute Gasteiger partial charge is 0.380 e. The van der Waals surface area contributed by atoms with E-state index in [9.17, 15) is 0 Å². The molecule has 0 unspecified atom stereocenters. The highest BCUT2D eigenvalue weighted by atomic mass is 16.5. The lowest BCUT2D eigenvalue weighted by atomic mass is 10.1. The zero-order valence-corrected chi connectivity index (χ0v) is 12.6. The Balaban J connectivity index is 3.39. The smallest absolute Gasteiger partial charge is 0.191 e. The van der Waals surface area contributed by atoms with Gasteiger partial charge in [0.25, 0.3) is 0 Å². The maximum absolute atomic E-state index is 5.54. The minimum absolute atomic E-state index is 0.714. The van der Waals surface area contributed by atoms with Gasteiger partial charge in [0.05, 0.1) is 6.61 Å². The molecule has 0 fully saturated rings. The van der Waals surface area contributed by atoms with E-state index < -0.39 is 0 Å². The SMILES string of the molecule is CCCCCNC(=NC)NCCOCCC(C)C. The molecule has 18 heavy (non-hydrogen) atoms. The number of ether oxygens (including phenoxy) is 1. The fraction of sp³-hybridized carbons (Fsp3) is 0.929. The van der Waals surface area contributed by atoms with Crippen LogP contribution in [0.2, 0.25) is 0 Å². The molecule has 0 saturated heterocycles. The van der Waals surface area contributed by atoms with Crippen molar-refractivity contribution < 1.29 is 4.74 Å². The molecule has 0 amide bonds. The molecular formula is C14H31N3O. The Hall–Kier alpha value is -0.770. The molecule has 0 radical (unpaired) electrons. The molecule has 0 atom stereocenters. The third-order valence-electron chi connectivity index (χ3n) is 2.67. The first kappa shape index (κ1) is 17.2. The fourth-order valence-electron chi connectivity index (χ4n) is 1.47. The van der Waals surface area contributed by atoms with Gasteiger partial charge in [0, 0.05) is 26.7 Å². The summed E-state index contributed by atoms with van der Waals surface area (Å²) in [5.41, 5.74) is 0. The summed E-state index contributed by atoms with van der Waals surface area (Å²) in [7, 11) is 1.80. The van der Waals surface area contributed by atoms with Crippen molar-refractivity contribution in [2.24, 2.45) is 10.9 Å². The number of guanidine groups is 1. The Labute approximate surface area is 113 Å². The molecule has 0 heterocycles. The van der Waals surface area contributed by atoms with Gasteiger partial charge in [0.1, 0.15) is 0 Å². The normalized spacial score (nSPS) is 11.9. The molecule has 0 aromatic heterocycles. The van der Waals surface area contributed by atoms with Gasteiger partial charge < -0.3 is 15.4 Å². The zero-order valence-electron chi connectivity index (χ0n) is 12.6. The van der Waals surface area contributed by atoms with E-state index >= 15 is 0 Å². The second-order valence-corrected chi connectivity index (χ2v) is 4.93.